The SMILES string of the molecule is CC(C)Oc1ccc(C(C)NC(=O)c2ccc(NC(=O)C3CC3)cc2)cc1. The molecule has 1 unspecified atom stereocenters. The molecule has 5 heteroatoms. The third kappa shape index (κ3) is 5.33. The molecule has 2 N–H and O–H groups in total. The average Bonchev–Trinajstić information content (AvgIpc) is 3.47. The van der Waals surface area contributed by atoms with Gasteiger partial charge in [0.2, 0.25) is 5.91 Å². The first-order valence-electron chi connectivity index (χ1n) is 9.41. The van der Waals surface area contributed by atoms with E-state index in [1.807, 2.05) is 45.0 Å². The van der Waals surface area contributed by atoms with E-state index < -0.39 is 0 Å². The first-order chi connectivity index (χ1) is 12.9. The van der Waals surface area contributed by atoms with Crippen LogP contribution >= 0.6 is 0 Å². The molecule has 3 rings (SSSR count). The topological polar surface area (TPSA) is 67.4 Å². The number of carbonyl (C=O) groups excluding carboxylic acids is 2. The summed E-state index contributed by atoms with van der Waals surface area (Å²) in [5.41, 5.74) is 2.29. The standard InChI is InChI=1S/C22H26N2O3/c1-14(2)27-20-12-8-16(9-13-20)15(3)23-21(25)18-6-10-19(11-7-18)24-22(26)17-4-5-17/h6-15,17H,4-5H2,1-3H3,(H,23,25)(H,24,26). The summed E-state index contributed by atoms with van der Waals surface area (Å²) in [7, 11) is 0. The normalized spacial score (nSPS) is 14.5. The van der Waals surface area contributed by atoms with Crippen LogP contribution in [0.4, 0.5) is 5.69 Å². The Labute approximate surface area is 160 Å². The Kier molecular flexibility index (Phi) is 5.79. The molecule has 1 aliphatic carbocycles. The van der Waals surface area contributed by atoms with Crippen LogP contribution in [0.3, 0.4) is 0 Å². The molecule has 0 radical (unpaired) electrons. The number of nitrogens with one attached hydrogen (secondary N) is 2. The quantitative estimate of drug-likeness (QED) is 0.767. The first kappa shape index (κ1) is 19.0. The molecule has 27 heavy (non-hydrogen) atoms. The fourth-order valence-electron chi connectivity index (χ4n) is 2.77. The second-order valence-electron chi connectivity index (χ2n) is 7.27. The van der Waals surface area contributed by atoms with Crippen molar-refractivity contribution in [2.75, 3.05) is 5.32 Å². The van der Waals surface area contributed by atoms with Gasteiger partial charge in [-0.25, -0.2) is 0 Å². The van der Waals surface area contributed by atoms with Crippen molar-refractivity contribution in [3.8, 4) is 5.75 Å². The Morgan fingerprint density at radius 3 is 2.15 bits per heavy atom. The minimum absolute atomic E-state index is 0.0608. The number of hydrogen-bond acceptors (Lipinski definition) is 3. The third-order valence-corrected chi connectivity index (χ3v) is 4.46. The number of ether oxygens (including phenoxy) is 1. The van der Waals surface area contributed by atoms with Gasteiger partial charge in [0.05, 0.1) is 12.1 Å². The van der Waals surface area contributed by atoms with Gasteiger partial charge in [0, 0.05) is 17.2 Å². The summed E-state index contributed by atoms with van der Waals surface area (Å²) in [5.74, 6) is 0.887. The molecule has 0 heterocycles. The molecular weight excluding hydrogens is 340 g/mol. The summed E-state index contributed by atoms with van der Waals surface area (Å²) in [4.78, 5) is 24.2. The van der Waals surface area contributed by atoms with Crippen molar-refractivity contribution in [3.63, 3.8) is 0 Å². The van der Waals surface area contributed by atoms with Crippen molar-refractivity contribution < 1.29 is 14.3 Å². The lowest BCUT2D eigenvalue weighted by Gasteiger charge is -2.16. The molecule has 0 aromatic heterocycles. The Morgan fingerprint density at radius 2 is 1.59 bits per heavy atom. The zero-order valence-electron chi connectivity index (χ0n) is 16.0. The maximum Gasteiger partial charge on any atom is 0.251 e. The van der Waals surface area contributed by atoms with Gasteiger partial charge in [0.1, 0.15) is 5.75 Å². The molecule has 142 valence electrons. The maximum atomic E-state index is 12.5. The molecule has 5 nitrogen and oxygen atoms in total. The predicted octanol–water partition coefficient (Wildman–Crippen LogP) is 4.31. The zero-order chi connectivity index (χ0) is 19.4. The minimum Gasteiger partial charge on any atom is -0.491 e. The predicted molar refractivity (Wildman–Crippen MR) is 106 cm³/mol. The summed E-state index contributed by atoms with van der Waals surface area (Å²) in [6.45, 7) is 5.92. The fraction of sp³-hybridized carbons (Fsp3) is 0.364. The third-order valence-electron chi connectivity index (χ3n) is 4.46. The van der Waals surface area contributed by atoms with Crippen LogP contribution in [0.1, 0.15) is 55.6 Å². The smallest absolute Gasteiger partial charge is 0.251 e. The minimum atomic E-state index is -0.148. The zero-order valence-corrected chi connectivity index (χ0v) is 16.0. The van der Waals surface area contributed by atoms with Crippen LogP contribution in [-0.4, -0.2) is 17.9 Å². The van der Waals surface area contributed by atoms with E-state index >= 15 is 0 Å². The molecule has 1 atom stereocenters. The molecular formula is C22H26N2O3. The van der Waals surface area contributed by atoms with Gasteiger partial charge in [-0.15, -0.1) is 0 Å². The summed E-state index contributed by atoms with van der Waals surface area (Å²) >= 11 is 0. The van der Waals surface area contributed by atoms with E-state index in [0.29, 0.717) is 5.56 Å². The molecule has 2 aromatic rings. The highest BCUT2D eigenvalue weighted by molar-refractivity contribution is 5.96. The summed E-state index contributed by atoms with van der Waals surface area (Å²) in [6.07, 6.45) is 2.06. The van der Waals surface area contributed by atoms with Gasteiger partial charge in [-0.3, -0.25) is 9.59 Å². The van der Waals surface area contributed by atoms with Gasteiger partial charge < -0.3 is 15.4 Å². The van der Waals surface area contributed by atoms with E-state index in [4.69, 9.17) is 4.74 Å². The van der Waals surface area contributed by atoms with Crippen molar-refractivity contribution in [1.82, 2.24) is 5.32 Å². The van der Waals surface area contributed by atoms with Crippen molar-refractivity contribution in [2.45, 2.75) is 45.8 Å². The van der Waals surface area contributed by atoms with Crippen LogP contribution in [-0.2, 0) is 4.79 Å². The second-order valence-corrected chi connectivity index (χ2v) is 7.27. The molecule has 0 bridgehead atoms. The van der Waals surface area contributed by atoms with Gasteiger partial charge >= 0.3 is 0 Å². The molecule has 0 saturated heterocycles. The molecule has 1 saturated carbocycles. The van der Waals surface area contributed by atoms with E-state index in [-0.39, 0.29) is 29.9 Å². The number of amides is 2. The van der Waals surface area contributed by atoms with Crippen molar-refractivity contribution in [1.29, 1.82) is 0 Å². The molecule has 0 spiro atoms. The van der Waals surface area contributed by atoms with Gasteiger partial charge in [-0.05, 0) is 75.6 Å². The highest BCUT2D eigenvalue weighted by Gasteiger charge is 2.29. The number of rotatable bonds is 7. The van der Waals surface area contributed by atoms with Crippen LogP contribution in [0.2, 0.25) is 0 Å². The van der Waals surface area contributed by atoms with Crippen LogP contribution in [0.15, 0.2) is 48.5 Å². The first-order valence-corrected chi connectivity index (χ1v) is 9.41. The van der Waals surface area contributed by atoms with Crippen LogP contribution in [0.5, 0.6) is 5.75 Å². The molecule has 2 amide bonds. The van der Waals surface area contributed by atoms with Crippen LogP contribution in [0.25, 0.3) is 0 Å². The maximum absolute atomic E-state index is 12.5. The molecule has 2 aromatic carbocycles. The van der Waals surface area contributed by atoms with Crippen LogP contribution in [0, 0.1) is 5.92 Å². The number of benzene rings is 2. The summed E-state index contributed by atoms with van der Waals surface area (Å²) in [6, 6.07) is 14.6. The van der Waals surface area contributed by atoms with Crippen molar-refractivity contribution in [2.24, 2.45) is 5.92 Å². The fourth-order valence-corrected chi connectivity index (χ4v) is 2.77. The lowest BCUT2D eigenvalue weighted by atomic mass is 10.1. The highest BCUT2D eigenvalue weighted by Crippen LogP contribution is 2.30. The average molecular weight is 366 g/mol. The lowest BCUT2D eigenvalue weighted by Crippen LogP contribution is -2.26. The van der Waals surface area contributed by atoms with Gasteiger partial charge in [0.15, 0.2) is 0 Å². The van der Waals surface area contributed by atoms with Crippen molar-refractivity contribution in [3.05, 3.63) is 59.7 Å². The monoisotopic (exact) mass is 366 g/mol. The highest BCUT2D eigenvalue weighted by atomic mass is 16.5. The Balaban J connectivity index is 1.56. The molecule has 1 aliphatic rings. The van der Waals surface area contributed by atoms with Gasteiger partial charge in [-0.1, -0.05) is 12.1 Å². The van der Waals surface area contributed by atoms with Crippen LogP contribution < -0.4 is 15.4 Å². The Bertz CT molecular complexity index is 793. The largest absolute Gasteiger partial charge is 0.491 e. The molecule has 1 fully saturated rings. The number of carbonyl (C=O) groups is 2. The Morgan fingerprint density at radius 1 is 0.963 bits per heavy atom. The Hall–Kier alpha value is -2.82. The second kappa shape index (κ2) is 8.25. The number of anilines is 1. The summed E-state index contributed by atoms with van der Waals surface area (Å²) in [5, 5.41) is 5.87. The summed E-state index contributed by atoms with van der Waals surface area (Å²) < 4.78 is 5.64. The van der Waals surface area contributed by atoms with E-state index in [1.165, 1.54) is 0 Å². The lowest BCUT2D eigenvalue weighted by molar-refractivity contribution is -0.117. The molecule has 0 aliphatic heterocycles. The van der Waals surface area contributed by atoms with E-state index in [9.17, 15) is 9.59 Å². The van der Waals surface area contributed by atoms with E-state index in [1.54, 1.807) is 24.3 Å². The van der Waals surface area contributed by atoms with Gasteiger partial charge in [-0.2, -0.15) is 0 Å². The van der Waals surface area contributed by atoms with Crippen molar-refractivity contribution >= 4 is 17.5 Å². The van der Waals surface area contributed by atoms with Gasteiger partial charge in [0.25, 0.3) is 5.91 Å². The van der Waals surface area contributed by atoms with E-state index in [2.05, 4.69) is 10.6 Å². The number of hydrogen-bond donors (Lipinski definition) is 2. The van der Waals surface area contributed by atoms with E-state index in [0.717, 1.165) is 29.8 Å².